The molecule has 0 N–H and O–H groups in total. The highest BCUT2D eigenvalue weighted by Gasteiger charge is 2.17. The van der Waals surface area contributed by atoms with Gasteiger partial charge in [0, 0.05) is 30.1 Å². The average Bonchev–Trinajstić information content (AvgIpc) is 2.02. The van der Waals surface area contributed by atoms with E-state index in [1.54, 1.807) is 6.07 Å². The van der Waals surface area contributed by atoms with Crippen molar-refractivity contribution in [1.29, 1.82) is 0 Å². The lowest BCUT2D eigenvalue weighted by molar-refractivity contribution is 0.546. The molecule has 0 radical (unpaired) electrons. The van der Waals surface area contributed by atoms with Crippen LogP contribution < -0.4 is 5.43 Å². The highest BCUT2D eigenvalue weighted by molar-refractivity contribution is 5.19. The molecule has 1 heterocycles. The zero-order valence-corrected chi connectivity index (χ0v) is 9.66. The Labute approximate surface area is 85.6 Å². The maximum atomic E-state index is 11.6. The average molecular weight is 193 g/mol. The summed E-state index contributed by atoms with van der Waals surface area (Å²) in [5.41, 5.74) is 0.942. The zero-order valence-electron chi connectivity index (χ0n) is 9.66. The third-order valence-corrected chi connectivity index (χ3v) is 2.35. The quantitative estimate of drug-likeness (QED) is 0.672. The fraction of sp³-hybridized carbons (Fsp3) is 0.583. The van der Waals surface area contributed by atoms with E-state index in [0.29, 0.717) is 6.04 Å². The van der Waals surface area contributed by atoms with Crippen LogP contribution in [-0.4, -0.2) is 4.57 Å². The number of hydrogen-bond acceptors (Lipinski definition) is 1. The Balaban J connectivity index is 3.30. The number of rotatable bonds is 1. The Kier molecular flexibility index (Phi) is 2.84. The highest BCUT2D eigenvalue weighted by atomic mass is 16.1. The van der Waals surface area contributed by atoms with Gasteiger partial charge in [0.05, 0.1) is 0 Å². The van der Waals surface area contributed by atoms with Crippen molar-refractivity contribution in [2.75, 3.05) is 0 Å². The van der Waals surface area contributed by atoms with Crippen LogP contribution in [0.25, 0.3) is 0 Å². The maximum Gasteiger partial charge on any atom is 0.185 e. The monoisotopic (exact) mass is 193 g/mol. The Morgan fingerprint density at radius 2 is 1.86 bits per heavy atom. The summed E-state index contributed by atoms with van der Waals surface area (Å²) in [5, 5.41) is 0. The van der Waals surface area contributed by atoms with Gasteiger partial charge in [-0.25, -0.2) is 0 Å². The largest absolute Gasteiger partial charge is 0.351 e. The second-order valence-electron chi connectivity index (χ2n) is 5.01. The van der Waals surface area contributed by atoms with Crippen LogP contribution in [0.5, 0.6) is 0 Å². The lowest BCUT2D eigenvalue weighted by Crippen LogP contribution is -2.24. The summed E-state index contributed by atoms with van der Waals surface area (Å²) < 4.78 is 2.07. The first-order valence-electron chi connectivity index (χ1n) is 5.04. The van der Waals surface area contributed by atoms with Gasteiger partial charge in [-0.2, -0.15) is 0 Å². The predicted molar refractivity (Wildman–Crippen MR) is 59.8 cm³/mol. The predicted octanol–water partition coefficient (Wildman–Crippen LogP) is 2.73. The van der Waals surface area contributed by atoms with Crippen molar-refractivity contribution in [3.8, 4) is 0 Å². The summed E-state index contributed by atoms with van der Waals surface area (Å²) in [6.45, 7) is 10.4. The van der Waals surface area contributed by atoms with Crippen molar-refractivity contribution < 1.29 is 0 Å². The van der Waals surface area contributed by atoms with Crippen molar-refractivity contribution in [3.05, 3.63) is 34.2 Å². The molecule has 0 fully saturated rings. The van der Waals surface area contributed by atoms with Gasteiger partial charge in [-0.15, -0.1) is 0 Å². The van der Waals surface area contributed by atoms with Crippen LogP contribution >= 0.6 is 0 Å². The van der Waals surface area contributed by atoms with Gasteiger partial charge in [0.1, 0.15) is 0 Å². The first-order valence-corrected chi connectivity index (χ1v) is 5.04. The molecular weight excluding hydrogens is 174 g/mol. The minimum Gasteiger partial charge on any atom is -0.351 e. The van der Waals surface area contributed by atoms with E-state index in [0.717, 1.165) is 5.56 Å². The van der Waals surface area contributed by atoms with Crippen LogP contribution in [0.2, 0.25) is 0 Å². The van der Waals surface area contributed by atoms with Crippen LogP contribution in [0.15, 0.2) is 23.3 Å². The SMILES string of the molecule is CC(C)n1ccc(=O)c(C(C)(C)C)c1. The van der Waals surface area contributed by atoms with E-state index in [9.17, 15) is 4.79 Å². The lowest BCUT2D eigenvalue weighted by Gasteiger charge is -2.20. The molecule has 0 bridgehead atoms. The van der Waals surface area contributed by atoms with Gasteiger partial charge >= 0.3 is 0 Å². The summed E-state index contributed by atoms with van der Waals surface area (Å²) in [6, 6.07) is 2.05. The molecular formula is C12H19NO. The molecule has 2 heteroatoms. The molecule has 1 aromatic rings. The van der Waals surface area contributed by atoms with E-state index in [1.807, 2.05) is 12.4 Å². The number of hydrogen-bond donors (Lipinski definition) is 0. The van der Waals surface area contributed by atoms with E-state index < -0.39 is 0 Å². The van der Waals surface area contributed by atoms with Crippen molar-refractivity contribution in [1.82, 2.24) is 4.57 Å². The van der Waals surface area contributed by atoms with Crippen molar-refractivity contribution in [3.63, 3.8) is 0 Å². The fourth-order valence-corrected chi connectivity index (χ4v) is 1.38. The van der Waals surface area contributed by atoms with Crippen molar-refractivity contribution >= 4 is 0 Å². The van der Waals surface area contributed by atoms with E-state index in [2.05, 4.69) is 39.2 Å². The second kappa shape index (κ2) is 3.60. The Morgan fingerprint density at radius 1 is 1.29 bits per heavy atom. The third kappa shape index (κ3) is 2.25. The molecule has 0 amide bonds. The minimum absolute atomic E-state index is 0.0744. The standard InChI is InChI=1S/C12H19NO/c1-9(2)13-7-6-11(14)10(8-13)12(3,4)5/h6-9H,1-5H3. The molecule has 0 saturated heterocycles. The van der Waals surface area contributed by atoms with Crippen LogP contribution in [0, 0.1) is 0 Å². The summed E-state index contributed by atoms with van der Waals surface area (Å²) in [4.78, 5) is 11.6. The molecule has 1 aromatic heterocycles. The summed E-state index contributed by atoms with van der Waals surface area (Å²) in [7, 11) is 0. The van der Waals surface area contributed by atoms with Gasteiger partial charge in [0.2, 0.25) is 0 Å². The molecule has 0 aliphatic carbocycles. The maximum absolute atomic E-state index is 11.6. The van der Waals surface area contributed by atoms with E-state index in [-0.39, 0.29) is 10.8 Å². The first kappa shape index (κ1) is 11.0. The van der Waals surface area contributed by atoms with Crippen molar-refractivity contribution in [2.45, 2.75) is 46.1 Å². The van der Waals surface area contributed by atoms with Crippen LogP contribution in [0.1, 0.15) is 46.2 Å². The topological polar surface area (TPSA) is 22.0 Å². The number of pyridine rings is 1. The molecule has 2 nitrogen and oxygen atoms in total. The summed E-state index contributed by atoms with van der Waals surface area (Å²) in [6.07, 6.45) is 3.81. The molecule has 0 saturated carbocycles. The van der Waals surface area contributed by atoms with Crippen LogP contribution in [-0.2, 0) is 5.41 Å². The third-order valence-electron chi connectivity index (χ3n) is 2.35. The van der Waals surface area contributed by atoms with Gasteiger partial charge in [-0.3, -0.25) is 4.79 Å². The molecule has 0 unspecified atom stereocenters. The smallest absolute Gasteiger partial charge is 0.185 e. The Bertz CT molecular complexity index is 369. The molecule has 1 rings (SSSR count). The molecule has 0 aliphatic rings. The van der Waals surface area contributed by atoms with Crippen LogP contribution in [0.3, 0.4) is 0 Å². The van der Waals surface area contributed by atoms with Gasteiger partial charge in [0.15, 0.2) is 5.43 Å². The fourth-order valence-electron chi connectivity index (χ4n) is 1.38. The molecule has 0 aliphatic heterocycles. The Hall–Kier alpha value is -1.05. The second-order valence-corrected chi connectivity index (χ2v) is 5.01. The summed E-state index contributed by atoms with van der Waals surface area (Å²) in [5.74, 6) is 0. The Morgan fingerprint density at radius 3 is 2.29 bits per heavy atom. The first-order chi connectivity index (χ1) is 6.32. The van der Waals surface area contributed by atoms with E-state index in [4.69, 9.17) is 0 Å². The molecule has 0 spiro atoms. The molecule has 0 aromatic carbocycles. The zero-order chi connectivity index (χ0) is 10.9. The lowest BCUT2D eigenvalue weighted by atomic mass is 9.88. The number of nitrogens with zero attached hydrogens (tertiary/aromatic N) is 1. The van der Waals surface area contributed by atoms with E-state index >= 15 is 0 Å². The van der Waals surface area contributed by atoms with Crippen LogP contribution in [0.4, 0.5) is 0 Å². The van der Waals surface area contributed by atoms with Crippen molar-refractivity contribution in [2.24, 2.45) is 0 Å². The van der Waals surface area contributed by atoms with Gasteiger partial charge in [-0.05, 0) is 19.3 Å². The van der Waals surface area contributed by atoms with Gasteiger partial charge in [0.25, 0.3) is 0 Å². The molecule has 0 atom stereocenters. The molecule has 78 valence electrons. The number of aromatic nitrogens is 1. The van der Waals surface area contributed by atoms with E-state index in [1.165, 1.54) is 0 Å². The van der Waals surface area contributed by atoms with Gasteiger partial charge in [-0.1, -0.05) is 20.8 Å². The molecule has 14 heavy (non-hydrogen) atoms. The summed E-state index contributed by atoms with van der Waals surface area (Å²) >= 11 is 0. The highest BCUT2D eigenvalue weighted by Crippen LogP contribution is 2.19. The van der Waals surface area contributed by atoms with Gasteiger partial charge < -0.3 is 4.57 Å². The minimum atomic E-state index is -0.0744. The normalized spacial score (nSPS) is 12.1.